The van der Waals surface area contributed by atoms with Crippen LogP contribution >= 0.6 is 23.1 Å². The molecule has 0 aliphatic heterocycles. The molecule has 1 N–H and O–H groups in total. The summed E-state index contributed by atoms with van der Waals surface area (Å²) in [5, 5.41) is 10.5. The highest BCUT2D eigenvalue weighted by Crippen LogP contribution is 2.23. The van der Waals surface area contributed by atoms with Crippen LogP contribution in [-0.4, -0.2) is 26.8 Å². The number of hydrogen-bond donors (Lipinski definition) is 1. The molecule has 0 saturated carbocycles. The van der Waals surface area contributed by atoms with Gasteiger partial charge in [-0.3, -0.25) is 9.78 Å². The summed E-state index contributed by atoms with van der Waals surface area (Å²) in [5.74, 6) is 0.0818. The fraction of sp³-hybridized carbons (Fsp3) is 0.250. The molecule has 0 fully saturated rings. The van der Waals surface area contributed by atoms with E-state index in [0.29, 0.717) is 5.69 Å². The second kappa shape index (κ2) is 6.51. The molecular weight excluding hydrogens is 268 g/mol. The Kier molecular flexibility index (Phi) is 4.72. The molecule has 0 amide bonds. The van der Waals surface area contributed by atoms with Gasteiger partial charge in [0, 0.05) is 23.5 Å². The van der Waals surface area contributed by atoms with Crippen molar-refractivity contribution in [2.24, 2.45) is 0 Å². The summed E-state index contributed by atoms with van der Waals surface area (Å²) < 4.78 is 0.926. The van der Waals surface area contributed by atoms with Gasteiger partial charge >= 0.3 is 5.97 Å². The van der Waals surface area contributed by atoms with Crippen LogP contribution in [0.5, 0.6) is 0 Å². The predicted molar refractivity (Wildman–Crippen MR) is 72.1 cm³/mol. The first-order valence-corrected chi connectivity index (χ1v) is 7.28. The largest absolute Gasteiger partial charge is 0.481 e. The number of aryl methyl sites for hydroxylation is 1. The summed E-state index contributed by atoms with van der Waals surface area (Å²) in [7, 11) is 0. The molecule has 0 radical (unpaired) electrons. The summed E-state index contributed by atoms with van der Waals surface area (Å²) in [4.78, 5) is 18.9. The van der Waals surface area contributed by atoms with Crippen molar-refractivity contribution in [3.05, 3.63) is 41.2 Å². The standard InChI is InChI=1S/C12H12N2O2S2/c15-11(16)6-10-8-18-12(14-10)17-5-3-9-2-1-4-13-7-9/h1-2,4,7-8H,3,5-6H2,(H,15,16). The van der Waals surface area contributed by atoms with Crippen molar-refractivity contribution >= 4 is 29.1 Å². The molecule has 0 atom stereocenters. The molecule has 94 valence electrons. The van der Waals surface area contributed by atoms with Gasteiger partial charge in [0.25, 0.3) is 0 Å². The molecule has 0 aromatic carbocycles. The zero-order valence-electron chi connectivity index (χ0n) is 9.57. The van der Waals surface area contributed by atoms with Gasteiger partial charge in [0.1, 0.15) is 4.34 Å². The van der Waals surface area contributed by atoms with E-state index in [9.17, 15) is 4.79 Å². The first-order valence-electron chi connectivity index (χ1n) is 5.42. The van der Waals surface area contributed by atoms with E-state index in [2.05, 4.69) is 9.97 Å². The number of carbonyl (C=O) groups is 1. The fourth-order valence-electron chi connectivity index (χ4n) is 1.39. The molecule has 2 rings (SSSR count). The Labute approximate surface area is 113 Å². The molecular formula is C12H12N2O2S2. The van der Waals surface area contributed by atoms with Crippen LogP contribution in [0.2, 0.25) is 0 Å². The Morgan fingerprint density at radius 2 is 2.39 bits per heavy atom. The summed E-state index contributed by atoms with van der Waals surface area (Å²) in [6, 6.07) is 3.97. The number of rotatable bonds is 6. The minimum Gasteiger partial charge on any atom is -0.481 e. The number of nitrogens with zero attached hydrogens (tertiary/aromatic N) is 2. The number of pyridine rings is 1. The highest BCUT2D eigenvalue weighted by Gasteiger charge is 2.06. The maximum atomic E-state index is 10.5. The quantitative estimate of drug-likeness (QED) is 0.824. The van der Waals surface area contributed by atoms with Crippen LogP contribution in [0, 0.1) is 0 Å². The van der Waals surface area contributed by atoms with Crippen LogP contribution < -0.4 is 0 Å². The molecule has 0 bridgehead atoms. The zero-order chi connectivity index (χ0) is 12.8. The van der Waals surface area contributed by atoms with E-state index < -0.39 is 5.97 Å². The Morgan fingerprint density at radius 1 is 1.50 bits per heavy atom. The van der Waals surface area contributed by atoms with E-state index in [0.717, 1.165) is 16.5 Å². The Bertz CT molecular complexity index is 514. The smallest absolute Gasteiger partial charge is 0.309 e. The fourth-order valence-corrected chi connectivity index (χ4v) is 3.30. The van der Waals surface area contributed by atoms with Gasteiger partial charge in [-0.05, 0) is 18.1 Å². The number of carboxylic acid groups (broad SMARTS) is 1. The molecule has 0 aliphatic carbocycles. The third-order valence-corrected chi connectivity index (χ3v) is 4.27. The Hall–Kier alpha value is -1.40. The Balaban J connectivity index is 1.80. The molecule has 18 heavy (non-hydrogen) atoms. The van der Waals surface area contributed by atoms with Crippen molar-refractivity contribution in [3.63, 3.8) is 0 Å². The van der Waals surface area contributed by atoms with Crippen molar-refractivity contribution in [3.8, 4) is 0 Å². The molecule has 0 unspecified atom stereocenters. The predicted octanol–water partition coefficient (Wildman–Crippen LogP) is 2.50. The third-order valence-electron chi connectivity index (χ3n) is 2.20. The van der Waals surface area contributed by atoms with Crippen molar-refractivity contribution in [2.75, 3.05) is 5.75 Å². The molecule has 6 heteroatoms. The molecule has 0 saturated heterocycles. The van der Waals surface area contributed by atoms with Crippen LogP contribution in [-0.2, 0) is 17.6 Å². The number of aliphatic carboxylic acids is 1. The van der Waals surface area contributed by atoms with Gasteiger partial charge in [0.2, 0.25) is 0 Å². The van der Waals surface area contributed by atoms with Gasteiger partial charge < -0.3 is 5.11 Å². The van der Waals surface area contributed by atoms with E-state index in [1.54, 1.807) is 23.3 Å². The van der Waals surface area contributed by atoms with Crippen LogP contribution in [0.1, 0.15) is 11.3 Å². The normalized spacial score (nSPS) is 10.4. The van der Waals surface area contributed by atoms with E-state index >= 15 is 0 Å². The molecule has 2 heterocycles. The average Bonchev–Trinajstić information content (AvgIpc) is 2.77. The van der Waals surface area contributed by atoms with Gasteiger partial charge in [-0.15, -0.1) is 11.3 Å². The maximum Gasteiger partial charge on any atom is 0.309 e. The monoisotopic (exact) mass is 280 g/mol. The molecule has 4 nitrogen and oxygen atoms in total. The van der Waals surface area contributed by atoms with Crippen LogP contribution in [0.4, 0.5) is 0 Å². The first-order chi connectivity index (χ1) is 8.74. The van der Waals surface area contributed by atoms with Crippen molar-refractivity contribution in [1.82, 2.24) is 9.97 Å². The highest BCUT2D eigenvalue weighted by atomic mass is 32.2. The van der Waals surface area contributed by atoms with E-state index in [1.165, 1.54) is 16.9 Å². The SMILES string of the molecule is O=C(O)Cc1csc(SCCc2cccnc2)n1. The summed E-state index contributed by atoms with van der Waals surface area (Å²) in [6.45, 7) is 0. The first kappa shape index (κ1) is 13.0. The molecule has 2 aromatic heterocycles. The third kappa shape index (κ3) is 4.12. The lowest BCUT2D eigenvalue weighted by atomic mass is 10.2. The van der Waals surface area contributed by atoms with Crippen molar-refractivity contribution < 1.29 is 9.90 Å². The van der Waals surface area contributed by atoms with Crippen LogP contribution in [0.25, 0.3) is 0 Å². The summed E-state index contributed by atoms with van der Waals surface area (Å²) in [6.07, 6.45) is 4.56. The lowest BCUT2D eigenvalue weighted by Gasteiger charge is -1.98. The average molecular weight is 280 g/mol. The lowest BCUT2D eigenvalue weighted by molar-refractivity contribution is -0.136. The molecule has 0 spiro atoms. The van der Waals surface area contributed by atoms with E-state index in [4.69, 9.17) is 5.11 Å². The number of aromatic nitrogens is 2. The number of hydrogen-bond acceptors (Lipinski definition) is 5. The van der Waals surface area contributed by atoms with E-state index in [1.807, 2.05) is 18.3 Å². The van der Waals surface area contributed by atoms with Crippen LogP contribution in [0.3, 0.4) is 0 Å². The van der Waals surface area contributed by atoms with Crippen molar-refractivity contribution in [2.45, 2.75) is 17.2 Å². The lowest BCUT2D eigenvalue weighted by Crippen LogP contribution is -1.99. The maximum absolute atomic E-state index is 10.5. The van der Waals surface area contributed by atoms with Gasteiger partial charge in [-0.2, -0.15) is 0 Å². The summed E-state index contributed by atoms with van der Waals surface area (Å²) in [5.41, 5.74) is 1.84. The van der Waals surface area contributed by atoms with Gasteiger partial charge in [-0.25, -0.2) is 4.98 Å². The summed E-state index contributed by atoms with van der Waals surface area (Å²) >= 11 is 3.15. The number of thioether (sulfide) groups is 1. The minimum atomic E-state index is -0.841. The van der Waals surface area contributed by atoms with Gasteiger partial charge in [0.05, 0.1) is 12.1 Å². The topological polar surface area (TPSA) is 63.1 Å². The second-order valence-corrected chi connectivity index (χ2v) is 5.84. The van der Waals surface area contributed by atoms with Gasteiger partial charge in [-0.1, -0.05) is 17.8 Å². The molecule has 2 aromatic rings. The van der Waals surface area contributed by atoms with Crippen molar-refractivity contribution in [1.29, 1.82) is 0 Å². The Morgan fingerprint density at radius 3 is 3.11 bits per heavy atom. The minimum absolute atomic E-state index is 0.000332. The molecule has 0 aliphatic rings. The number of carboxylic acids is 1. The van der Waals surface area contributed by atoms with Crippen LogP contribution in [0.15, 0.2) is 34.2 Å². The second-order valence-electron chi connectivity index (χ2n) is 3.64. The highest BCUT2D eigenvalue weighted by molar-refractivity contribution is 8.01. The number of thiazole rings is 1. The zero-order valence-corrected chi connectivity index (χ0v) is 11.2. The van der Waals surface area contributed by atoms with Gasteiger partial charge in [0.15, 0.2) is 0 Å². The van der Waals surface area contributed by atoms with E-state index in [-0.39, 0.29) is 6.42 Å².